The summed E-state index contributed by atoms with van der Waals surface area (Å²) in [5, 5.41) is 0. The smallest absolute Gasteiger partial charge is 0.266 e. The number of hydrogen-bond donors (Lipinski definition) is 1. The molecule has 2 rings (SSSR count). The maximum absolute atomic E-state index is 11.4. The molecule has 68 valence electrons. The molecule has 1 N–H and O–H groups in total. The first kappa shape index (κ1) is 8.25. The van der Waals surface area contributed by atoms with Crippen LogP contribution in [0.1, 0.15) is 15.9 Å². The van der Waals surface area contributed by atoms with Crippen LogP contribution in [0.3, 0.4) is 0 Å². The summed E-state index contributed by atoms with van der Waals surface area (Å²) in [7, 11) is -3.58. The highest BCUT2D eigenvalue weighted by atomic mass is 32.2. The SMILES string of the molecule is Cc1cccc2c1S(=O)(=O)NC2=O. The van der Waals surface area contributed by atoms with Crippen LogP contribution in [0, 0.1) is 6.92 Å². The van der Waals surface area contributed by atoms with Crippen molar-refractivity contribution < 1.29 is 13.2 Å². The number of nitrogens with one attached hydrogen (secondary N) is 1. The molecule has 0 atom stereocenters. The first-order valence-electron chi connectivity index (χ1n) is 3.69. The highest BCUT2D eigenvalue weighted by Crippen LogP contribution is 2.25. The van der Waals surface area contributed by atoms with Gasteiger partial charge in [0.1, 0.15) is 4.90 Å². The van der Waals surface area contributed by atoms with E-state index in [0.29, 0.717) is 5.56 Å². The van der Waals surface area contributed by atoms with Crippen LogP contribution >= 0.6 is 0 Å². The predicted molar refractivity (Wildman–Crippen MR) is 45.8 cm³/mol. The van der Waals surface area contributed by atoms with Crippen molar-refractivity contribution in [3.8, 4) is 0 Å². The summed E-state index contributed by atoms with van der Waals surface area (Å²) >= 11 is 0. The van der Waals surface area contributed by atoms with Gasteiger partial charge < -0.3 is 0 Å². The Hall–Kier alpha value is -1.36. The second-order valence-electron chi connectivity index (χ2n) is 2.89. The number of carbonyl (C=O) groups is 1. The summed E-state index contributed by atoms with van der Waals surface area (Å²) in [6, 6.07) is 4.83. The molecule has 1 aromatic rings. The van der Waals surface area contributed by atoms with Gasteiger partial charge >= 0.3 is 0 Å². The van der Waals surface area contributed by atoms with E-state index in [1.54, 1.807) is 19.1 Å². The van der Waals surface area contributed by atoms with Crippen LogP contribution in [0.2, 0.25) is 0 Å². The fraction of sp³-hybridized carbons (Fsp3) is 0.125. The highest BCUT2D eigenvalue weighted by Gasteiger charge is 2.33. The number of rotatable bonds is 0. The molecule has 0 saturated carbocycles. The fourth-order valence-corrected chi connectivity index (χ4v) is 2.81. The van der Waals surface area contributed by atoms with E-state index in [2.05, 4.69) is 0 Å². The molecule has 4 nitrogen and oxygen atoms in total. The van der Waals surface area contributed by atoms with Gasteiger partial charge in [-0.1, -0.05) is 12.1 Å². The summed E-state index contributed by atoms with van der Waals surface area (Å²) < 4.78 is 24.6. The van der Waals surface area contributed by atoms with Crippen molar-refractivity contribution in [2.45, 2.75) is 11.8 Å². The summed E-state index contributed by atoms with van der Waals surface area (Å²) in [5.74, 6) is -0.543. The van der Waals surface area contributed by atoms with Gasteiger partial charge in [0.15, 0.2) is 0 Å². The zero-order valence-corrected chi connectivity index (χ0v) is 7.68. The Labute approximate surface area is 75.6 Å². The molecule has 13 heavy (non-hydrogen) atoms. The quantitative estimate of drug-likeness (QED) is 0.655. The normalized spacial score (nSPS) is 18.1. The van der Waals surface area contributed by atoms with Crippen LogP contribution in [-0.2, 0) is 10.0 Å². The zero-order valence-electron chi connectivity index (χ0n) is 6.87. The second kappa shape index (κ2) is 2.32. The number of benzene rings is 1. The summed E-state index contributed by atoms with van der Waals surface area (Å²) in [6.07, 6.45) is 0. The lowest BCUT2D eigenvalue weighted by Crippen LogP contribution is -2.20. The summed E-state index contributed by atoms with van der Waals surface area (Å²) in [6.45, 7) is 1.66. The van der Waals surface area contributed by atoms with Crippen molar-refractivity contribution in [3.05, 3.63) is 29.3 Å². The summed E-state index contributed by atoms with van der Waals surface area (Å²) in [4.78, 5) is 11.3. The molecular weight excluding hydrogens is 190 g/mol. The van der Waals surface area contributed by atoms with Crippen LogP contribution < -0.4 is 4.72 Å². The number of fused-ring (bicyclic) bond motifs is 1. The van der Waals surface area contributed by atoms with Crippen LogP contribution in [0.4, 0.5) is 0 Å². The van der Waals surface area contributed by atoms with Crippen molar-refractivity contribution in [1.29, 1.82) is 0 Å². The molecule has 1 aromatic carbocycles. The monoisotopic (exact) mass is 197 g/mol. The third kappa shape index (κ3) is 1.04. The van der Waals surface area contributed by atoms with Gasteiger partial charge in [-0.2, -0.15) is 0 Å². The lowest BCUT2D eigenvalue weighted by Gasteiger charge is -1.98. The molecule has 1 amide bonds. The largest absolute Gasteiger partial charge is 0.268 e. The van der Waals surface area contributed by atoms with Crippen LogP contribution in [0.5, 0.6) is 0 Å². The van der Waals surface area contributed by atoms with Gasteiger partial charge in [-0.05, 0) is 18.6 Å². The molecule has 0 saturated heterocycles. The van der Waals surface area contributed by atoms with Crippen LogP contribution in [0.25, 0.3) is 0 Å². The van der Waals surface area contributed by atoms with Crippen molar-refractivity contribution in [1.82, 2.24) is 4.72 Å². The standard InChI is InChI=1S/C8H7NO3S/c1-5-3-2-4-6-7(5)13(11,12)9-8(6)10/h2-4H,1H3,(H,9,10). The van der Waals surface area contributed by atoms with E-state index in [0.717, 1.165) is 0 Å². The zero-order chi connectivity index (χ0) is 9.64. The molecule has 1 heterocycles. The minimum absolute atomic E-state index is 0.111. The average molecular weight is 197 g/mol. The van der Waals surface area contributed by atoms with E-state index in [4.69, 9.17) is 0 Å². The van der Waals surface area contributed by atoms with E-state index >= 15 is 0 Å². The Balaban J connectivity index is 2.89. The third-order valence-corrected chi connectivity index (χ3v) is 3.49. The maximum atomic E-state index is 11.4. The van der Waals surface area contributed by atoms with Gasteiger partial charge in [-0.15, -0.1) is 0 Å². The molecular formula is C8H7NO3S. The fourth-order valence-electron chi connectivity index (χ4n) is 1.42. The van der Waals surface area contributed by atoms with Crippen LogP contribution in [-0.4, -0.2) is 14.3 Å². The van der Waals surface area contributed by atoms with E-state index in [9.17, 15) is 13.2 Å². The van der Waals surface area contributed by atoms with E-state index in [1.807, 2.05) is 4.72 Å². The molecule has 0 spiro atoms. The van der Waals surface area contributed by atoms with Crippen molar-refractivity contribution in [2.24, 2.45) is 0 Å². The molecule has 0 bridgehead atoms. The minimum Gasteiger partial charge on any atom is -0.268 e. The number of amides is 1. The minimum atomic E-state index is -3.58. The van der Waals surface area contributed by atoms with Crippen molar-refractivity contribution in [2.75, 3.05) is 0 Å². The molecule has 0 radical (unpaired) electrons. The highest BCUT2D eigenvalue weighted by molar-refractivity contribution is 7.90. The van der Waals surface area contributed by atoms with Crippen molar-refractivity contribution >= 4 is 15.9 Å². The molecule has 0 fully saturated rings. The predicted octanol–water partition coefficient (Wildman–Crippen LogP) is 0.427. The Morgan fingerprint density at radius 3 is 2.62 bits per heavy atom. The molecule has 0 unspecified atom stereocenters. The lowest BCUT2D eigenvalue weighted by molar-refractivity contribution is 0.0985. The first-order valence-corrected chi connectivity index (χ1v) is 5.17. The van der Waals surface area contributed by atoms with Gasteiger partial charge in [-0.25, -0.2) is 13.1 Å². The molecule has 0 aromatic heterocycles. The third-order valence-electron chi connectivity index (χ3n) is 1.95. The van der Waals surface area contributed by atoms with E-state index in [1.165, 1.54) is 6.07 Å². The number of carbonyl (C=O) groups excluding carboxylic acids is 1. The topological polar surface area (TPSA) is 63.2 Å². The summed E-state index contributed by atoms with van der Waals surface area (Å²) in [5.41, 5.74) is 0.829. The van der Waals surface area contributed by atoms with Gasteiger partial charge in [-0.3, -0.25) is 4.79 Å². The van der Waals surface area contributed by atoms with Crippen LogP contribution in [0.15, 0.2) is 23.1 Å². The van der Waals surface area contributed by atoms with Gasteiger partial charge in [0.05, 0.1) is 5.56 Å². The van der Waals surface area contributed by atoms with Gasteiger partial charge in [0.25, 0.3) is 15.9 Å². The number of sulfonamides is 1. The second-order valence-corrected chi connectivity index (χ2v) is 4.51. The van der Waals surface area contributed by atoms with E-state index in [-0.39, 0.29) is 10.5 Å². The molecule has 0 aliphatic carbocycles. The molecule has 5 heteroatoms. The Morgan fingerprint density at radius 2 is 2.00 bits per heavy atom. The average Bonchev–Trinajstić information content (AvgIpc) is 2.24. The van der Waals surface area contributed by atoms with Gasteiger partial charge in [0, 0.05) is 0 Å². The Kier molecular flexibility index (Phi) is 1.47. The molecule has 1 aliphatic rings. The number of hydrogen-bond acceptors (Lipinski definition) is 3. The number of aryl methyl sites for hydroxylation is 1. The first-order chi connectivity index (χ1) is 6.02. The van der Waals surface area contributed by atoms with Crippen molar-refractivity contribution in [3.63, 3.8) is 0 Å². The van der Waals surface area contributed by atoms with E-state index < -0.39 is 15.9 Å². The lowest BCUT2D eigenvalue weighted by atomic mass is 10.1. The molecule has 1 aliphatic heterocycles. The Morgan fingerprint density at radius 1 is 1.31 bits per heavy atom. The van der Waals surface area contributed by atoms with Gasteiger partial charge in [0.2, 0.25) is 0 Å². The maximum Gasteiger partial charge on any atom is 0.266 e. The Bertz CT molecular complexity index is 490.